The zero-order valence-corrected chi connectivity index (χ0v) is 11.3. The number of fused-ring (bicyclic) bond motifs is 1. The van der Waals surface area contributed by atoms with Gasteiger partial charge in [-0.1, -0.05) is 19.9 Å². The molecule has 0 aliphatic heterocycles. The molecule has 0 unspecified atom stereocenters. The fraction of sp³-hybridized carbons (Fsp3) is 0.462. The number of H-pyrrole nitrogens is 1. The molecule has 1 heterocycles. The molecular weight excluding hydrogens is 232 g/mol. The largest absolute Gasteiger partial charge is 0.494 e. The van der Waals surface area contributed by atoms with E-state index in [1.54, 1.807) is 7.11 Å². The molecule has 1 N–H and O–H groups in total. The Morgan fingerprint density at radius 2 is 2.18 bits per heavy atom. The van der Waals surface area contributed by atoms with Gasteiger partial charge in [0.2, 0.25) is 0 Å². The predicted molar refractivity (Wildman–Crippen MR) is 73.1 cm³/mol. The number of imidazole rings is 1. The molecule has 17 heavy (non-hydrogen) atoms. The topological polar surface area (TPSA) is 29.9 Å². The van der Waals surface area contributed by atoms with Gasteiger partial charge in [-0.2, -0.15) is 0 Å². The molecule has 0 saturated heterocycles. The summed E-state index contributed by atoms with van der Waals surface area (Å²) in [5.41, 5.74) is 2.11. The Hall–Kier alpha value is -1.29. The van der Waals surface area contributed by atoms with Crippen molar-refractivity contribution in [3.05, 3.63) is 23.0 Å². The smallest absolute Gasteiger partial charge is 0.178 e. The third-order valence-corrected chi connectivity index (χ3v) is 3.24. The monoisotopic (exact) mass is 250 g/mol. The number of benzene rings is 1. The van der Waals surface area contributed by atoms with E-state index in [0.717, 1.165) is 34.5 Å². The quantitative estimate of drug-likeness (QED) is 0.837. The van der Waals surface area contributed by atoms with E-state index in [0.29, 0.717) is 5.92 Å². The first-order valence-corrected chi connectivity index (χ1v) is 6.30. The molecule has 3 nitrogen and oxygen atoms in total. The zero-order chi connectivity index (χ0) is 12.4. The van der Waals surface area contributed by atoms with E-state index >= 15 is 0 Å². The second-order valence-corrected chi connectivity index (χ2v) is 5.01. The number of aryl methyl sites for hydroxylation is 1. The van der Waals surface area contributed by atoms with Gasteiger partial charge in [0.1, 0.15) is 11.3 Å². The molecule has 0 atom stereocenters. The lowest BCUT2D eigenvalue weighted by Gasteiger charge is -2.07. The van der Waals surface area contributed by atoms with Crippen molar-refractivity contribution in [2.24, 2.45) is 5.92 Å². The van der Waals surface area contributed by atoms with E-state index < -0.39 is 0 Å². The molecule has 2 rings (SSSR count). The van der Waals surface area contributed by atoms with E-state index in [2.05, 4.69) is 29.5 Å². The van der Waals surface area contributed by atoms with Crippen molar-refractivity contribution >= 4 is 23.3 Å². The average Bonchev–Trinajstić information content (AvgIpc) is 2.62. The SMILES string of the molecule is COc1cccc2c1[nH]c(=S)n2CCC(C)C. The van der Waals surface area contributed by atoms with Crippen molar-refractivity contribution in [2.75, 3.05) is 7.11 Å². The Morgan fingerprint density at radius 1 is 1.41 bits per heavy atom. The molecule has 0 spiro atoms. The minimum atomic E-state index is 0.674. The number of hydrogen-bond donors (Lipinski definition) is 1. The van der Waals surface area contributed by atoms with Crippen LogP contribution in [-0.2, 0) is 6.54 Å². The van der Waals surface area contributed by atoms with Crippen LogP contribution in [0.1, 0.15) is 20.3 Å². The van der Waals surface area contributed by atoms with E-state index in [9.17, 15) is 0 Å². The number of ether oxygens (including phenoxy) is 1. The summed E-state index contributed by atoms with van der Waals surface area (Å²) < 4.78 is 8.25. The lowest BCUT2D eigenvalue weighted by Crippen LogP contribution is -2.01. The summed E-state index contributed by atoms with van der Waals surface area (Å²) in [5, 5.41) is 0. The second kappa shape index (κ2) is 4.92. The van der Waals surface area contributed by atoms with Crippen molar-refractivity contribution < 1.29 is 4.74 Å². The minimum Gasteiger partial charge on any atom is -0.494 e. The van der Waals surface area contributed by atoms with Crippen LogP contribution in [0.15, 0.2) is 18.2 Å². The first-order valence-electron chi connectivity index (χ1n) is 5.89. The predicted octanol–water partition coefficient (Wildman–Crippen LogP) is 3.75. The van der Waals surface area contributed by atoms with Crippen LogP contribution >= 0.6 is 12.2 Å². The highest BCUT2D eigenvalue weighted by atomic mass is 32.1. The Labute approximate surface area is 106 Å². The van der Waals surface area contributed by atoms with Crippen LogP contribution < -0.4 is 4.74 Å². The molecule has 1 aromatic carbocycles. The Bertz CT molecular complexity index is 568. The van der Waals surface area contributed by atoms with Crippen LogP contribution in [0.3, 0.4) is 0 Å². The number of aromatic nitrogens is 2. The number of rotatable bonds is 4. The van der Waals surface area contributed by atoms with E-state index in [1.807, 2.05) is 12.1 Å². The Morgan fingerprint density at radius 3 is 2.82 bits per heavy atom. The van der Waals surface area contributed by atoms with Crippen LogP contribution in [0, 0.1) is 10.7 Å². The summed E-state index contributed by atoms with van der Waals surface area (Å²) in [4.78, 5) is 3.22. The standard InChI is InChI=1S/C13H18N2OS/c1-9(2)7-8-15-10-5-4-6-11(16-3)12(10)14-13(15)17/h4-6,9H,7-8H2,1-3H3,(H,14,17). The van der Waals surface area contributed by atoms with Crippen molar-refractivity contribution in [3.8, 4) is 5.75 Å². The third-order valence-electron chi connectivity index (χ3n) is 2.92. The van der Waals surface area contributed by atoms with E-state index in [-0.39, 0.29) is 0 Å². The first-order chi connectivity index (χ1) is 8.13. The minimum absolute atomic E-state index is 0.674. The molecule has 92 valence electrons. The van der Waals surface area contributed by atoms with Gasteiger partial charge in [0.05, 0.1) is 12.6 Å². The maximum absolute atomic E-state index is 5.36. The summed E-state index contributed by atoms with van der Waals surface area (Å²) in [6.07, 6.45) is 1.12. The molecule has 0 aliphatic carbocycles. The molecule has 0 amide bonds. The van der Waals surface area contributed by atoms with Gasteiger partial charge >= 0.3 is 0 Å². The molecule has 0 aliphatic rings. The number of para-hydroxylation sites is 1. The van der Waals surface area contributed by atoms with Crippen molar-refractivity contribution in [1.29, 1.82) is 0 Å². The van der Waals surface area contributed by atoms with Crippen molar-refractivity contribution in [3.63, 3.8) is 0 Å². The summed E-state index contributed by atoms with van der Waals surface area (Å²) in [6, 6.07) is 6.01. The molecular formula is C13H18N2OS. The zero-order valence-electron chi connectivity index (χ0n) is 10.5. The van der Waals surface area contributed by atoms with Crippen LogP contribution in [0.2, 0.25) is 0 Å². The van der Waals surface area contributed by atoms with Crippen LogP contribution in [-0.4, -0.2) is 16.7 Å². The van der Waals surface area contributed by atoms with Gasteiger partial charge in [0.15, 0.2) is 4.77 Å². The number of aromatic amines is 1. The van der Waals surface area contributed by atoms with Crippen LogP contribution in [0.5, 0.6) is 5.75 Å². The van der Waals surface area contributed by atoms with Gasteiger partial charge in [-0.15, -0.1) is 0 Å². The fourth-order valence-corrected chi connectivity index (χ4v) is 2.23. The number of nitrogens with zero attached hydrogens (tertiary/aromatic N) is 1. The molecule has 0 bridgehead atoms. The molecule has 0 saturated carbocycles. The normalized spacial score (nSPS) is 11.3. The summed E-state index contributed by atoms with van der Waals surface area (Å²) in [5.74, 6) is 1.52. The lowest BCUT2D eigenvalue weighted by atomic mass is 10.1. The summed E-state index contributed by atoms with van der Waals surface area (Å²) in [7, 11) is 1.68. The van der Waals surface area contributed by atoms with Gasteiger partial charge in [-0.05, 0) is 36.7 Å². The first kappa shape index (κ1) is 12.2. The number of nitrogens with one attached hydrogen (secondary N) is 1. The Kier molecular flexibility index (Phi) is 3.52. The van der Waals surface area contributed by atoms with Crippen molar-refractivity contribution in [2.45, 2.75) is 26.8 Å². The molecule has 0 fully saturated rings. The van der Waals surface area contributed by atoms with Crippen molar-refractivity contribution in [1.82, 2.24) is 9.55 Å². The summed E-state index contributed by atoms with van der Waals surface area (Å²) >= 11 is 5.36. The number of hydrogen-bond acceptors (Lipinski definition) is 2. The molecule has 4 heteroatoms. The lowest BCUT2D eigenvalue weighted by molar-refractivity contribution is 0.419. The maximum atomic E-state index is 5.36. The number of methoxy groups -OCH3 is 1. The highest BCUT2D eigenvalue weighted by Crippen LogP contribution is 2.24. The van der Waals surface area contributed by atoms with E-state index in [4.69, 9.17) is 17.0 Å². The van der Waals surface area contributed by atoms with Gasteiger partial charge in [-0.3, -0.25) is 0 Å². The highest BCUT2D eigenvalue weighted by molar-refractivity contribution is 7.71. The van der Waals surface area contributed by atoms with E-state index in [1.165, 1.54) is 0 Å². The maximum Gasteiger partial charge on any atom is 0.178 e. The van der Waals surface area contributed by atoms with Gasteiger partial charge in [0.25, 0.3) is 0 Å². The average molecular weight is 250 g/mol. The highest BCUT2D eigenvalue weighted by Gasteiger charge is 2.08. The Balaban J connectivity index is 2.49. The summed E-state index contributed by atoms with van der Waals surface area (Å²) in [6.45, 7) is 5.39. The fourth-order valence-electron chi connectivity index (χ4n) is 1.93. The third kappa shape index (κ3) is 2.36. The second-order valence-electron chi connectivity index (χ2n) is 4.62. The van der Waals surface area contributed by atoms with Gasteiger partial charge < -0.3 is 14.3 Å². The van der Waals surface area contributed by atoms with Crippen LogP contribution in [0.25, 0.3) is 11.0 Å². The van der Waals surface area contributed by atoms with Crippen LogP contribution in [0.4, 0.5) is 0 Å². The van der Waals surface area contributed by atoms with Gasteiger partial charge in [-0.25, -0.2) is 0 Å². The molecule has 2 aromatic rings. The molecule has 1 aromatic heterocycles. The molecule has 0 radical (unpaired) electrons. The van der Waals surface area contributed by atoms with Gasteiger partial charge in [0, 0.05) is 6.54 Å².